The number of nitrogens with zero attached hydrogens (tertiary/aromatic N) is 1. The number of aliphatic hydroxyl groups excluding tert-OH is 1. The van der Waals surface area contributed by atoms with Crippen LogP contribution in [0.25, 0.3) is 0 Å². The maximum atomic E-state index is 12.8. The lowest BCUT2D eigenvalue weighted by Crippen LogP contribution is -2.55. The molecule has 0 aromatic rings. The van der Waals surface area contributed by atoms with Crippen LogP contribution in [0.5, 0.6) is 0 Å². The summed E-state index contributed by atoms with van der Waals surface area (Å²) in [7, 11) is 1.54. The molecule has 4 rings (SSSR count). The highest BCUT2D eigenvalue weighted by Crippen LogP contribution is 2.57. The van der Waals surface area contributed by atoms with Gasteiger partial charge >= 0.3 is 6.09 Å². The highest BCUT2D eigenvalue weighted by Gasteiger charge is 2.72. The Morgan fingerprint density at radius 3 is 2.88 bits per heavy atom. The third-order valence-corrected chi connectivity index (χ3v) is 5.50. The number of nitrogens with two attached hydrogens (primary N) is 2. The van der Waals surface area contributed by atoms with Gasteiger partial charge < -0.3 is 36.3 Å². The molecule has 1 amide bonds. The predicted molar refractivity (Wildman–Crippen MR) is 80.3 cm³/mol. The van der Waals surface area contributed by atoms with E-state index in [9.17, 15) is 14.7 Å². The van der Waals surface area contributed by atoms with Gasteiger partial charge in [-0.3, -0.25) is 4.79 Å². The minimum Gasteiger partial charge on any atom is -0.449 e. The molecule has 0 spiro atoms. The summed E-state index contributed by atoms with van der Waals surface area (Å²) in [5, 5.41) is 13.9. The Kier molecular flexibility index (Phi) is 3.03. The largest absolute Gasteiger partial charge is 0.449 e. The number of aliphatic hydroxyl groups is 1. The fourth-order valence-electron chi connectivity index (χ4n) is 4.33. The molecular weight excluding hydrogens is 316 g/mol. The van der Waals surface area contributed by atoms with Gasteiger partial charge in [-0.1, -0.05) is 0 Å². The van der Waals surface area contributed by atoms with Crippen LogP contribution in [-0.4, -0.2) is 60.0 Å². The zero-order valence-electron chi connectivity index (χ0n) is 13.3. The lowest BCUT2D eigenvalue weighted by molar-refractivity contribution is -0.133. The Morgan fingerprint density at radius 1 is 1.54 bits per heavy atom. The van der Waals surface area contributed by atoms with E-state index in [1.54, 1.807) is 6.92 Å². The summed E-state index contributed by atoms with van der Waals surface area (Å²) in [6.07, 6.45) is -0.970. The average Bonchev–Trinajstić information content (AvgIpc) is 3.16. The number of Topliss-reactive ketones (excluding diaryl/α,β-unsaturated/α-hetero) is 1. The maximum Gasteiger partial charge on any atom is 0.404 e. The van der Waals surface area contributed by atoms with Crippen LogP contribution in [0.2, 0.25) is 0 Å². The molecule has 24 heavy (non-hydrogen) atoms. The van der Waals surface area contributed by atoms with Gasteiger partial charge in [0.2, 0.25) is 5.78 Å². The molecule has 4 atom stereocenters. The summed E-state index contributed by atoms with van der Waals surface area (Å²) < 4.78 is 10.8. The normalized spacial score (nSPS) is 37.5. The predicted octanol–water partition coefficient (Wildman–Crippen LogP) is -1.32. The first kappa shape index (κ1) is 15.4. The van der Waals surface area contributed by atoms with E-state index < -0.39 is 17.7 Å². The number of rotatable bonds is 3. The SMILES string of the molecule is CO[C@@]12[C@H](COC(N)=O)C3=C([C](O)C(C)=C(N)C3=O)N1C[C@@H]1N[C@@H]12. The molecule has 6 N–H and O–H groups in total. The number of hydrogen-bond acceptors (Lipinski definition) is 8. The zero-order chi connectivity index (χ0) is 17.4. The summed E-state index contributed by atoms with van der Waals surface area (Å²) >= 11 is 0. The molecule has 1 aliphatic carbocycles. The van der Waals surface area contributed by atoms with Crippen molar-refractivity contribution in [1.82, 2.24) is 10.2 Å². The number of allylic oxidation sites excluding steroid dienone is 1. The van der Waals surface area contributed by atoms with Gasteiger partial charge in [0, 0.05) is 25.3 Å². The van der Waals surface area contributed by atoms with Crippen molar-refractivity contribution >= 4 is 11.9 Å². The lowest BCUT2D eigenvalue weighted by atomic mass is 9.82. The fraction of sp³-hybridized carbons (Fsp3) is 0.533. The van der Waals surface area contributed by atoms with Crippen LogP contribution >= 0.6 is 0 Å². The van der Waals surface area contributed by atoms with Crippen LogP contribution in [0.3, 0.4) is 0 Å². The van der Waals surface area contributed by atoms with E-state index in [1.807, 2.05) is 4.90 Å². The van der Waals surface area contributed by atoms with E-state index in [-0.39, 0.29) is 36.3 Å². The standard InChI is InChI=1S/C15H19N4O5/c1-5-9(16)12(21)8-6(4-24-14(17)22)15(23-2)13-7(18-13)3-19(15)10(8)11(5)20/h6-7,13,18,20H,3-4,16H2,1-2H3,(H2,17,22)/t6-,7+,13+,15-/m1/s1. The molecule has 4 aliphatic rings. The van der Waals surface area contributed by atoms with Crippen molar-refractivity contribution in [2.45, 2.75) is 24.7 Å². The number of piperazine rings is 1. The molecule has 0 bridgehead atoms. The van der Waals surface area contributed by atoms with Gasteiger partial charge in [0.25, 0.3) is 0 Å². The van der Waals surface area contributed by atoms with Gasteiger partial charge in [-0.15, -0.1) is 0 Å². The van der Waals surface area contributed by atoms with Gasteiger partial charge in [-0.25, -0.2) is 4.79 Å². The van der Waals surface area contributed by atoms with Crippen molar-refractivity contribution in [3.05, 3.63) is 28.6 Å². The molecule has 3 heterocycles. The van der Waals surface area contributed by atoms with E-state index in [1.165, 1.54) is 7.11 Å². The van der Waals surface area contributed by atoms with Crippen LogP contribution in [-0.2, 0) is 14.3 Å². The van der Waals surface area contributed by atoms with E-state index in [0.717, 1.165) is 0 Å². The summed E-state index contributed by atoms with van der Waals surface area (Å²) in [6, 6.07) is 0.165. The van der Waals surface area contributed by atoms with E-state index in [0.29, 0.717) is 23.4 Å². The number of hydrogen-bond donors (Lipinski definition) is 4. The van der Waals surface area contributed by atoms with E-state index in [2.05, 4.69) is 5.32 Å². The van der Waals surface area contributed by atoms with Crippen LogP contribution in [0.1, 0.15) is 6.92 Å². The first-order chi connectivity index (χ1) is 11.3. The summed E-state index contributed by atoms with van der Waals surface area (Å²) in [5.41, 5.74) is 11.1. The Balaban J connectivity index is 1.83. The third kappa shape index (κ3) is 1.64. The lowest BCUT2D eigenvalue weighted by Gasteiger charge is -2.40. The van der Waals surface area contributed by atoms with Crippen molar-refractivity contribution in [3.63, 3.8) is 0 Å². The molecule has 0 aromatic heterocycles. The van der Waals surface area contributed by atoms with Crippen molar-refractivity contribution < 1.29 is 24.2 Å². The fourth-order valence-corrected chi connectivity index (χ4v) is 4.33. The quantitative estimate of drug-likeness (QED) is 0.464. The Hall–Kier alpha value is -2.10. The van der Waals surface area contributed by atoms with Gasteiger partial charge in [0.1, 0.15) is 6.61 Å². The number of methoxy groups -OCH3 is 1. The van der Waals surface area contributed by atoms with Crippen molar-refractivity contribution in [2.75, 3.05) is 20.3 Å². The Labute approximate surface area is 138 Å². The van der Waals surface area contributed by atoms with Crippen LogP contribution < -0.4 is 16.8 Å². The van der Waals surface area contributed by atoms with Gasteiger partial charge in [-0.05, 0) is 12.5 Å². The monoisotopic (exact) mass is 335 g/mol. The molecular formula is C15H19N4O5. The van der Waals surface area contributed by atoms with Crippen LogP contribution in [0.4, 0.5) is 4.79 Å². The summed E-state index contributed by atoms with van der Waals surface area (Å²) in [5.74, 6) is -0.974. The Morgan fingerprint density at radius 2 is 2.25 bits per heavy atom. The van der Waals surface area contributed by atoms with Crippen molar-refractivity contribution in [1.29, 1.82) is 0 Å². The molecule has 3 aliphatic heterocycles. The second kappa shape index (κ2) is 4.71. The molecule has 0 unspecified atom stereocenters. The number of carbonyl (C=O) groups excluding carboxylic acids is 2. The molecule has 2 saturated heterocycles. The number of fused-ring (bicyclic) bond motifs is 4. The highest BCUT2D eigenvalue weighted by atomic mass is 16.6. The molecule has 0 saturated carbocycles. The summed E-state index contributed by atoms with van der Waals surface area (Å²) in [4.78, 5) is 25.8. The number of ether oxygens (including phenoxy) is 2. The average molecular weight is 335 g/mol. The number of ketones is 1. The van der Waals surface area contributed by atoms with Gasteiger partial charge in [0.05, 0.1) is 23.4 Å². The molecule has 129 valence electrons. The maximum absolute atomic E-state index is 12.8. The second-order valence-corrected chi connectivity index (χ2v) is 6.48. The minimum atomic E-state index is -0.934. The van der Waals surface area contributed by atoms with Crippen LogP contribution in [0, 0.1) is 12.0 Å². The Bertz CT molecular complexity index is 717. The first-order valence-electron chi connectivity index (χ1n) is 7.67. The van der Waals surface area contributed by atoms with E-state index in [4.69, 9.17) is 20.9 Å². The molecule has 1 radical (unpaired) electrons. The number of carbonyl (C=O) groups is 2. The van der Waals surface area contributed by atoms with Gasteiger partial charge in [0.15, 0.2) is 11.8 Å². The summed E-state index contributed by atoms with van der Waals surface area (Å²) in [6.45, 7) is 2.05. The third-order valence-electron chi connectivity index (χ3n) is 5.50. The van der Waals surface area contributed by atoms with Crippen molar-refractivity contribution in [2.24, 2.45) is 17.4 Å². The number of amides is 1. The molecule has 0 aromatic carbocycles. The van der Waals surface area contributed by atoms with Crippen LogP contribution in [0.15, 0.2) is 22.5 Å². The van der Waals surface area contributed by atoms with Crippen molar-refractivity contribution in [3.8, 4) is 0 Å². The zero-order valence-corrected chi connectivity index (χ0v) is 13.3. The van der Waals surface area contributed by atoms with E-state index >= 15 is 0 Å². The molecule has 9 nitrogen and oxygen atoms in total. The number of nitrogens with one attached hydrogen (secondary N) is 1. The smallest absolute Gasteiger partial charge is 0.404 e. The molecule has 2 fully saturated rings. The topological polar surface area (TPSA) is 150 Å². The minimum absolute atomic E-state index is 0.0111. The highest BCUT2D eigenvalue weighted by molar-refractivity contribution is 6.11. The van der Waals surface area contributed by atoms with Gasteiger partial charge in [-0.2, -0.15) is 0 Å². The second-order valence-electron chi connectivity index (χ2n) is 6.48. The molecule has 9 heteroatoms. The number of primary amides is 1. The first-order valence-corrected chi connectivity index (χ1v) is 7.67.